The van der Waals surface area contributed by atoms with Crippen molar-refractivity contribution in [2.45, 2.75) is 39.0 Å². The van der Waals surface area contributed by atoms with Gasteiger partial charge in [0.25, 0.3) is 5.91 Å². The molecule has 1 saturated heterocycles. The number of halogens is 2. The number of carbonyl (C=O) groups excluding carboxylic acids is 1. The lowest BCUT2D eigenvalue weighted by atomic mass is 10.0. The maximum absolute atomic E-state index is 12.6. The minimum absolute atomic E-state index is 0. The molecule has 26 heavy (non-hydrogen) atoms. The molecule has 1 amide bonds. The first-order chi connectivity index (χ1) is 11.5. The zero-order valence-electron chi connectivity index (χ0n) is 16.0. The number of hydrogen-bond donors (Lipinski definition) is 1. The summed E-state index contributed by atoms with van der Waals surface area (Å²) in [4.78, 5) is 16.7. The van der Waals surface area contributed by atoms with Crippen LogP contribution in [0.25, 0.3) is 0 Å². The summed E-state index contributed by atoms with van der Waals surface area (Å²) in [6.07, 6.45) is 0.447. The van der Waals surface area contributed by atoms with Crippen LogP contribution in [0, 0.1) is 5.92 Å². The quantitative estimate of drug-likeness (QED) is 0.756. The molecule has 2 unspecified atom stereocenters. The Labute approximate surface area is 170 Å². The van der Waals surface area contributed by atoms with E-state index in [0.717, 1.165) is 19.5 Å². The predicted molar refractivity (Wildman–Crippen MR) is 111 cm³/mol. The highest BCUT2D eigenvalue weighted by Gasteiger charge is 2.29. The SMILES string of the molecule is CC(C)C(N)CCN(C)C(=O)C1CN(Cc2ccccc2)CCO1.Cl.Cl. The second-order valence-electron chi connectivity index (χ2n) is 7.04. The number of rotatable bonds is 7. The van der Waals surface area contributed by atoms with Gasteiger partial charge in [-0.3, -0.25) is 9.69 Å². The van der Waals surface area contributed by atoms with Gasteiger partial charge >= 0.3 is 0 Å². The molecule has 0 radical (unpaired) electrons. The molecular formula is C19H33Cl2N3O2. The number of morpholine rings is 1. The first-order valence-electron chi connectivity index (χ1n) is 8.86. The zero-order valence-corrected chi connectivity index (χ0v) is 17.6. The van der Waals surface area contributed by atoms with Gasteiger partial charge in [0, 0.05) is 39.3 Å². The molecule has 1 fully saturated rings. The molecule has 5 nitrogen and oxygen atoms in total. The molecule has 2 N–H and O–H groups in total. The van der Waals surface area contributed by atoms with E-state index in [2.05, 4.69) is 30.9 Å². The number of carbonyl (C=O) groups is 1. The first kappa shape index (κ1) is 25.1. The van der Waals surface area contributed by atoms with E-state index in [4.69, 9.17) is 10.5 Å². The van der Waals surface area contributed by atoms with Gasteiger partial charge in [-0.25, -0.2) is 0 Å². The number of ether oxygens (including phenoxy) is 1. The van der Waals surface area contributed by atoms with Crippen molar-refractivity contribution in [3.63, 3.8) is 0 Å². The van der Waals surface area contributed by atoms with E-state index in [-0.39, 0.29) is 42.9 Å². The third-order valence-corrected chi connectivity index (χ3v) is 4.71. The molecule has 0 aliphatic carbocycles. The van der Waals surface area contributed by atoms with Crippen LogP contribution in [0.5, 0.6) is 0 Å². The molecule has 1 aromatic rings. The van der Waals surface area contributed by atoms with Crippen molar-refractivity contribution >= 4 is 30.7 Å². The van der Waals surface area contributed by atoms with Gasteiger partial charge in [-0.1, -0.05) is 44.2 Å². The fourth-order valence-corrected chi connectivity index (χ4v) is 2.87. The number of likely N-dealkylation sites (N-methyl/N-ethyl adjacent to an activating group) is 1. The lowest BCUT2D eigenvalue weighted by Crippen LogP contribution is -2.50. The highest BCUT2D eigenvalue weighted by atomic mass is 35.5. The van der Waals surface area contributed by atoms with Gasteiger partial charge < -0.3 is 15.4 Å². The Kier molecular flexibility index (Phi) is 12.1. The van der Waals surface area contributed by atoms with Crippen LogP contribution in [0.2, 0.25) is 0 Å². The van der Waals surface area contributed by atoms with Gasteiger partial charge in [0.2, 0.25) is 0 Å². The number of hydrogen-bond acceptors (Lipinski definition) is 4. The number of nitrogens with zero attached hydrogens (tertiary/aromatic N) is 2. The van der Waals surface area contributed by atoms with E-state index < -0.39 is 0 Å². The van der Waals surface area contributed by atoms with Crippen molar-refractivity contribution in [3.05, 3.63) is 35.9 Å². The van der Waals surface area contributed by atoms with E-state index in [0.29, 0.717) is 25.6 Å². The summed E-state index contributed by atoms with van der Waals surface area (Å²) in [5.74, 6) is 0.490. The molecule has 7 heteroatoms. The van der Waals surface area contributed by atoms with Crippen molar-refractivity contribution in [2.24, 2.45) is 11.7 Å². The topological polar surface area (TPSA) is 58.8 Å². The summed E-state index contributed by atoms with van der Waals surface area (Å²) in [6.45, 7) is 7.86. The van der Waals surface area contributed by atoms with Crippen LogP contribution in [0.15, 0.2) is 30.3 Å². The number of amides is 1. The summed E-state index contributed by atoms with van der Waals surface area (Å²) < 4.78 is 5.72. The van der Waals surface area contributed by atoms with E-state index in [1.807, 2.05) is 25.2 Å². The molecule has 0 aromatic heterocycles. The highest BCUT2D eigenvalue weighted by molar-refractivity contribution is 5.85. The minimum atomic E-state index is -0.372. The smallest absolute Gasteiger partial charge is 0.252 e. The summed E-state index contributed by atoms with van der Waals surface area (Å²) >= 11 is 0. The van der Waals surface area contributed by atoms with Crippen LogP contribution in [-0.4, -0.2) is 61.1 Å². The molecule has 0 bridgehead atoms. The maximum Gasteiger partial charge on any atom is 0.252 e. The molecule has 1 aliphatic rings. The van der Waals surface area contributed by atoms with E-state index in [1.54, 1.807) is 4.90 Å². The fourth-order valence-electron chi connectivity index (χ4n) is 2.87. The highest BCUT2D eigenvalue weighted by Crippen LogP contribution is 2.13. The fraction of sp³-hybridized carbons (Fsp3) is 0.632. The lowest BCUT2D eigenvalue weighted by molar-refractivity contribution is -0.148. The maximum atomic E-state index is 12.6. The Balaban J connectivity index is 0.00000312. The first-order valence-corrected chi connectivity index (χ1v) is 8.86. The van der Waals surface area contributed by atoms with Gasteiger partial charge in [-0.2, -0.15) is 0 Å². The summed E-state index contributed by atoms with van der Waals surface area (Å²) in [5.41, 5.74) is 7.34. The second-order valence-corrected chi connectivity index (χ2v) is 7.04. The standard InChI is InChI=1S/C19H31N3O2.2ClH/c1-15(2)17(20)9-10-21(3)19(23)18-14-22(11-12-24-18)13-16-7-5-4-6-8-16;;/h4-8,15,17-18H,9-14,20H2,1-3H3;2*1H. The van der Waals surface area contributed by atoms with E-state index in [9.17, 15) is 4.79 Å². The summed E-state index contributed by atoms with van der Waals surface area (Å²) in [6, 6.07) is 10.5. The minimum Gasteiger partial charge on any atom is -0.366 e. The molecule has 0 saturated carbocycles. The molecule has 2 atom stereocenters. The normalized spacial score (nSPS) is 18.6. The van der Waals surface area contributed by atoms with Crippen molar-refractivity contribution in [3.8, 4) is 0 Å². The molecule has 150 valence electrons. The van der Waals surface area contributed by atoms with E-state index >= 15 is 0 Å². The number of benzene rings is 1. The predicted octanol–water partition coefficient (Wildman–Crippen LogP) is 2.56. The second kappa shape index (κ2) is 12.5. The summed E-state index contributed by atoms with van der Waals surface area (Å²) in [7, 11) is 1.84. The Bertz CT molecular complexity index is 517. The summed E-state index contributed by atoms with van der Waals surface area (Å²) in [5, 5.41) is 0. The number of nitrogens with two attached hydrogens (primary N) is 1. The average molecular weight is 406 g/mol. The third kappa shape index (κ3) is 7.80. The van der Waals surface area contributed by atoms with Gasteiger partial charge in [-0.05, 0) is 17.9 Å². The van der Waals surface area contributed by atoms with Crippen molar-refractivity contribution < 1.29 is 9.53 Å². The van der Waals surface area contributed by atoms with Crippen LogP contribution in [0.1, 0.15) is 25.8 Å². The van der Waals surface area contributed by atoms with Gasteiger partial charge in [-0.15, -0.1) is 24.8 Å². The Morgan fingerprint density at radius 3 is 2.58 bits per heavy atom. The Morgan fingerprint density at radius 1 is 1.31 bits per heavy atom. The molecule has 1 aliphatic heterocycles. The van der Waals surface area contributed by atoms with Crippen LogP contribution in [0.4, 0.5) is 0 Å². The van der Waals surface area contributed by atoms with Crippen LogP contribution < -0.4 is 5.73 Å². The molecule has 1 aromatic carbocycles. The molecule has 1 heterocycles. The van der Waals surface area contributed by atoms with Gasteiger partial charge in [0.1, 0.15) is 6.10 Å². The largest absolute Gasteiger partial charge is 0.366 e. The third-order valence-electron chi connectivity index (χ3n) is 4.71. The van der Waals surface area contributed by atoms with Crippen molar-refractivity contribution in [1.29, 1.82) is 0 Å². The zero-order chi connectivity index (χ0) is 17.5. The Hall–Kier alpha value is -0.850. The van der Waals surface area contributed by atoms with Crippen LogP contribution in [-0.2, 0) is 16.1 Å². The van der Waals surface area contributed by atoms with Crippen LogP contribution >= 0.6 is 24.8 Å². The molecular weight excluding hydrogens is 373 g/mol. The monoisotopic (exact) mass is 405 g/mol. The van der Waals surface area contributed by atoms with E-state index in [1.165, 1.54) is 5.56 Å². The van der Waals surface area contributed by atoms with Gasteiger partial charge in [0.15, 0.2) is 0 Å². The van der Waals surface area contributed by atoms with Crippen molar-refractivity contribution in [2.75, 3.05) is 33.3 Å². The van der Waals surface area contributed by atoms with Gasteiger partial charge in [0.05, 0.1) is 6.61 Å². The average Bonchev–Trinajstić information content (AvgIpc) is 2.59. The van der Waals surface area contributed by atoms with Crippen LogP contribution in [0.3, 0.4) is 0 Å². The molecule has 0 spiro atoms. The Morgan fingerprint density at radius 2 is 1.96 bits per heavy atom. The molecule has 2 rings (SSSR count). The lowest BCUT2D eigenvalue weighted by Gasteiger charge is -2.34. The van der Waals surface area contributed by atoms with Crippen molar-refractivity contribution in [1.82, 2.24) is 9.80 Å².